The van der Waals surface area contributed by atoms with Crippen molar-refractivity contribution in [1.29, 1.82) is 0 Å². The van der Waals surface area contributed by atoms with E-state index >= 15 is 0 Å². The summed E-state index contributed by atoms with van der Waals surface area (Å²) >= 11 is 0. The molecule has 0 aliphatic carbocycles. The van der Waals surface area contributed by atoms with Crippen LogP contribution in [0.3, 0.4) is 0 Å². The van der Waals surface area contributed by atoms with E-state index in [-0.39, 0.29) is 23.5 Å². The average Bonchev–Trinajstić information content (AvgIpc) is 2.65. The molecule has 2 aromatic rings. The lowest BCUT2D eigenvalue weighted by Gasteiger charge is -2.30. The summed E-state index contributed by atoms with van der Waals surface area (Å²) in [6, 6.07) is 7.81. The van der Waals surface area contributed by atoms with Gasteiger partial charge in [-0.1, -0.05) is 13.0 Å². The van der Waals surface area contributed by atoms with E-state index in [2.05, 4.69) is 10.1 Å². The van der Waals surface area contributed by atoms with Gasteiger partial charge in [-0.15, -0.1) is 13.2 Å². The second-order valence-corrected chi connectivity index (χ2v) is 8.18. The highest BCUT2D eigenvalue weighted by molar-refractivity contribution is 7.92. The molecule has 2 rings (SSSR count). The van der Waals surface area contributed by atoms with E-state index in [0.717, 1.165) is 40.9 Å². The van der Waals surface area contributed by atoms with Crippen LogP contribution in [0.2, 0.25) is 0 Å². The first kappa shape index (κ1) is 23.9. The van der Waals surface area contributed by atoms with Crippen molar-refractivity contribution in [2.75, 3.05) is 15.9 Å². The van der Waals surface area contributed by atoms with Gasteiger partial charge in [0.05, 0.1) is 16.9 Å². The Balaban J connectivity index is 2.31. The summed E-state index contributed by atoms with van der Waals surface area (Å²) < 4.78 is 66.1. The molecule has 0 fully saturated rings. The van der Waals surface area contributed by atoms with Crippen LogP contribution in [0.1, 0.15) is 13.3 Å². The van der Waals surface area contributed by atoms with Gasteiger partial charge in [0.1, 0.15) is 11.8 Å². The zero-order valence-corrected chi connectivity index (χ0v) is 17.1. The summed E-state index contributed by atoms with van der Waals surface area (Å²) in [7, 11) is -4.03. The number of nitro groups is 1. The molecule has 168 valence electrons. The first-order chi connectivity index (χ1) is 14.3. The molecule has 13 heteroatoms. The van der Waals surface area contributed by atoms with Crippen molar-refractivity contribution in [2.24, 2.45) is 0 Å². The van der Waals surface area contributed by atoms with Crippen molar-refractivity contribution in [2.45, 2.75) is 25.7 Å². The summed E-state index contributed by atoms with van der Waals surface area (Å²) in [6.45, 7) is 1.54. The number of benzene rings is 2. The molecule has 2 aromatic carbocycles. The molecule has 9 nitrogen and oxygen atoms in total. The molecular weight excluding hydrogens is 443 g/mol. The molecule has 0 aromatic heterocycles. The third-order valence-electron chi connectivity index (χ3n) is 3.98. The quantitative estimate of drug-likeness (QED) is 0.473. The fourth-order valence-electron chi connectivity index (χ4n) is 2.77. The lowest BCUT2D eigenvalue weighted by atomic mass is 10.1. The number of nitrogens with one attached hydrogen (secondary N) is 1. The fraction of sp³-hybridized carbons (Fsp3) is 0.278. The van der Waals surface area contributed by atoms with Crippen LogP contribution in [0, 0.1) is 10.1 Å². The molecule has 1 amide bonds. The molecule has 1 N–H and O–H groups in total. The lowest BCUT2D eigenvalue weighted by Crippen LogP contribution is -2.47. The minimum absolute atomic E-state index is 0.0108. The maximum atomic E-state index is 12.8. The van der Waals surface area contributed by atoms with Gasteiger partial charge >= 0.3 is 6.36 Å². The highest BCUT2D eigenvalue weighted by Crippen LogP contribution is 2.28. The Morgan fingerprint density at radius 3 is 2.32 bits per heavy atom. The zero-order valence-electron chi connectivity index (χ0n) is 16.3. The third kappa shape index (κ3) is 6.57. The predicted octanol–water partition coefficient (Wildman–Crippen LogP) is 3.68. The van der Waals surface area contributed by atoms with Gasteiger partial charge in [0, 0.05) is 17.8 Å². The van der Waals surface area contributed by atoms with Crippen molar-refractivity contribution in [3.63, 3.8) is 0 Å². The van der Waals surface area contributed by atoms with Crippen LogP contribution in [0.25, 0.3) is 0 Å². The molecule has 1 unspecified atom stereocenters. The number of halogens is 3. The molecular formula is C18H18F3N3O6S. The van der Waals surface area contributed by atoms with Gasteiger partial charge in [0.2, 0.25) is 15.9 Å². The van der Waals surface area contributed by atoms with Gasteiger partial charge in [-0.2, -0.15) is 0 Å². The number of hydrogen-bond donors (Lipinski definition) is 1. The third-order valence-corrected chi connectivity index (χ3v) is 5.16. The van der Waals surface area contributed by atoms with Crippen LogP contribution in [0.15, 0.2) is 48.5 Å². The maximum absolute atomic E-state index is 12.8. The molecule has 0 aliphatic heterocycles. The van der Waals surface area contributed by atoms with Gasteiger partial charge in [-0.3, -0.25) is 19.2 Å². The zero-order chi connectivity index (χ0) is 23.4. The smallest absolute Gasteiger partial charge is 0.406 e. The number of amides is 1. The van der Waals surface area contributed by atoms with Crippen molar-refractivity contribution in [3.8, 4) is 5.75 Å². The number of carbonyl (C=O) groups is 1. The lowest BCUT2D eigenvalue weighted by molar-refractivity contribution is -0.384. The molecule has 0 bridgehead atoms. The van der Waals surface area contributed by atoms with Gasteiger partial charge in [-0.05, 0) is 36.8 Å². The number of alkyl halides is 3. The number of non-ortho nitro benzene ring substituents is 1. The monoisotopic (exact) mass is 461 g/mol. The minimum atomic E-state index is -4.87. The van der Waals surface area contributed by atoms with Crippen molar-refractivity contribution in [1.82, 2.24) is 0 Å². The van der Waals surface area contributed by atoms with E-state index in [1.165, 1.54) is 18.2 Å². The van der Waals surface area contributed by atoms with E-state index in [9.17, 15) is 36.5 Å². The van der Waals surface area contributed by atoms with Crippen LogP contribution in [0.5, 0.6) is 5.75 Å². The van der Waals surface area contributed by atoms with Crippen molar-refractivity contribution < 1.29 is 36.0 Å². The average molecular weight is 461 g/mol. The number of nitro benzene ring substituents is 1. The Kier molecular flexibility index (Phi) is 7.10. The number of rotatable bonds is 8. The summed E-state index contributed by atoms with van der Waals surface area (Å²) in [6.07, 6.45) is -4.01. The van der Waals surface area contributed by atoms with Crippen molar-refractivity contribution in [3.05, 3.63) is 58.6 Å². The molecule has 1 atom stereocenters. The fourth-order valence-corrected chi connectivity index (χ4v) is 3.97. The van der Waals surface area contributed by atoms with E-state index in [0.29, 0.717) is 0 Å². The number of hydrogen-bond acceptors (Lipinski definition) is 6. The molecule has 0 aliphatic rings. The van der Waals surface area contributed by atoms with Crippen LogP contribution >= 0.6 is 0 Å². The van der Waals surface area contributed by atoms with E-state index in [4.69, 9.17) is 0 Å². The number of anilines is 2. The molecule has 31 heavy (non-hydrogen) atoms. The number of carbonyl (C=O) groups excluding carboxylic acids is 1. The second-order valence-electron chi connectivity index (χ2n) is 6.32. The highest BCUT2D eigenvalue weighted by Gasteiger charge is 2.33. The van der Waals surface area contributed by atoms with Crippen molar-refractivity contribution >= 4 is 33.0 Å². The molecule has 0 heterocycles. The Labute approximate surface area is 175 Å². The summed E-state index contributed by atoms with van der Waals surface area (Å²) in [5.74, 6) is -1.27. The molecule has 0 spiro atoms. The molecule has 0 radical (unpaired) electrons. The minimum Gasteiger partial charge on any atom is -0.406 e. The number of sulfonamides is 1. The largest absolute Gasteiger partial charge is 0.573 e. The SMILES string of the molecule is CCC(C(=O)Nc1ccc(OC(F)(F)F)cc1)N(c1cccc([N+](=O)[O-])c1)S(C)(=O)=O. The normalized spacial score (nSPS) is 12.7. The van der Waals surface area contributed by atoms with Crippen LogP contribution in [-0.4, -0.2) is 37.9 Å². The molecule has 0 saturated heterocycles. The van der Waals surface area contributed by atoms with Crippen LogP contribution < -0.4 is 14.4 Å². The summed E-state index contributed by atoms with van der Waals surface area (Å²) in [5.41, 5.74) is -0.334. The Hall–Kier alpha value is -3.35. The Bertz CT molecular complexity index is 1060. The topological polar surface area (TPSA) is 119 Å². The maximum Gasteiger partial charge on any atom is 0.573 e. The van der Waals surface area contributed by atoms with E-state index in [1.54, 1.807) is 6.92 Å². The van der Waals surface area contributed by atoms with Gasteiger partial charge < -0.3 is 10.1 Å². The van der Waals surface area contributed by atoms with Gasteiger partial charge in [0.25, 0.3) is 5.69 Å². The first-order valence-electron chi connectivity index (χ1n) is 8.72. The number of ether oxygens (including phenoxy) is 1. The molecule has 0 saturated carbocycles. The first-order valence-corrected chi connectivity index (χ1v) is 10.6. The van der Waals surface area contributed by atoms with Gasteiger partial charge in [0.15, 0.2) is 0 Å². The van der Waals surface area contributed by atoms with Crippen LogP contribution in [0.4, 0.5) is 30.2 Å². The highest BCUT2D eigenvalue weighted by atomic mass is 32.2. The van der Waals surface area contributed by atoms with Crippen LogP contribution in [-0.2, 0) is 14.8 Å². The van der Waals surface area contributed by atoms with Gasteiger partial charge in [-0.25, -0.2) is 8.42 Å². The second kappa shape index (κ2) is 9.20. The predicted molar refractivity (Wildman–Crippen MR) is 106 cm³/mol. The Morgan fingerprint density at radius 1 is 1.23 bits per heavy atom. The summed E-state index contributed by atoms with van der Waals surface area (Å²) in [4.78, 5) is 23.1. The Morgan fingerprint density at radius 2 is 1.84 bits per heavy atom. The summed E-state index contributed by atoms with van der Waals surface area (Å²) in [5, 5.41) is 13.5. The number of nitrogens with zero attached hydrogens (tertiary/aromatic N) is 2. The van der Waals surface area contributed by atoms with E-state index < -0.39 is 39.0 Å². The van der Waals surface area contributed by atoms with E-state index in [1.807, 2.05) is 0 Å². The standard InChI is InChI=1S/C18H18F3N3O6S/c1-3-16(17(25)22-12-7-9-15(10-8-12)30-18(19,20)21)23(31(2,28)29)13-5-4-6-14(11-13)24(26)27/h4-11,16H,3H2,1-2H3,(H,22,25).